The Morgan fingerprint density at radius 1 is 1.27 bits per heavy atom. The van der Waals surface area contributed by atoms with Crippen LogP contribution in [0.4, 0.5) is 0 Å². The first kappa shape index (κ1) is 18.3. The van der Waals surface area contributed by atoms with Crippen molar-refractivity contribution in [3.63, 3.8) is 0 Å². The van der Waals surface area contributed by atoms with Gasteiger partial charge in [-0.25, -0.2) is 4.98 Å². The summed E-state index contributed by atoms with van der Waals surface area (Å²) in [5.74, 6) is 1.25. The van der Waals surface area contributed by atoms with E-state index in [1.165, 1.54) is 12.8 Å². The van der Waals surface area contributed by atoms with E-state index in [0.29, 0.717) is 17.9 Å². The van der Waals surface area contributed by atoms with Crippen molar-refractivity contribution in [3.8, 4) is 11.5 Å². The van der Waals surface area contributed by atoms with Crippen molar-refractivity contribution in [2.24, 2.45) is 0 Å². The van der Waals surface area contributed by atoms with Crippen molar-refractivity contribution in [1.82, 2.24) is 14.9 Å². The van der Waals surface area contributed by atoms with Gasteiger partial charge in [0.2, 0.25) is 0 Å². The van der Waals surface area contributed by atoms with Crippen LogP contribution in [0.3, 0.4) is 0 Å². The van der Waals surface area contributed by atoms with Crippen molar-refractivity contribution in [2.75, 3.05) is 13.7 Å². The molecular weight excluding hydrogens is 330 g/mol. The smallest absolute Gasteiger partial charge is 0.251 e. The quantitative estimate of drug-likeness (QED) is 0.699. The lowest BCUT2D eigenvalue weighted by atomic mass is 10.1. The van der Waals surface area contributed by atoms with Crippen LogP contribution in [-0.4, -0.2) is 35.2 Å². The molecule has 0 spiro atoms. The van der Waals surface area contributed by atoms with E-state index < -0.39 is 0 Å². The van der Waals surface area contributed by atoms with Crippen molar-refractivity contribution in [1.29, 1.82) is 0 Å². The zero-order valence-electron chi connectivity index (χ0n) is 15.3. The number of nitrogens with one attached hydrogen (secondary N) is 1. The molecule has 3 rings (SSSR count). The fraction of sp³-hybridized carbons (Fsp3) is 0.500. The largest absolute Gasteiger partial charge is 0.493 e. The molecule has 0 bridgehead atoms. The minimum Gasteiger partial charge on any atom is -0.493 e. The van der Waals surface area contributed by atoms with Gasteiger partial charge in [-0.05, 0) is 56.7 Å². The van der Waals surface area contributed by atoms with Gasteiger partial charge in [0.25, 0.3) is 5.91 Å². The minimum atomic E-state index is -0.0849. The molecule has 0 radical (unpaired) electrons. The van der Waals surface area contributed by atoms with E-state index in [-0.39, 0.29) is 12.0 Å². The molecule has 1 aliphatic rings. The van der Waals surface area contributed by atoms with E-state index in [2.05, 4.69) is 10.3 Å². The molecule has 6 heteroatoms. The zero-order valence-corrected chi connectivity index (χ0v) is 15.3. The van der Waals surface area contributed by atoms with Crippen LogP contribution in [0.2, 0.25) is 0 Å². The van der Waals surface area contributed by atoms with Gasteiger partial charge >= 0.3 is 0 Å². The molecule has 2 aromatic rings. The molecular formula is C20H27N3O3. The lowest BCUT2D eigenvalue weighted by Gasteiger charge is -2.16. The number of rotatable bonds is 9. The maximum atomic E-state index is 12.3. The van der Waals surface area contributed by atoms with Gasteiger partial charge in [-0.15, -0.1) is 0 Å². The molecule has 6 nitrogen and oxygen atoms in total. The molecule has 1 N–H and O–H groups in total. The third-order valence-corrected chi connectivity index (χ3v) is 4.71. The van der Waals surface area contributed by atoms with Crippen molar-refractivity contribution in [3.05, 3.63) is 42.5 Å². The second kappa shape index (κ2) is 9.27. The van der Waals surface area contributed by atoms with Gasteiger partial charge < -0.3 is 19.4 Å². The van der Waals surface area contributed by atoms with Crippen molar-refractivity contribution < 1.29 is 14.3 Å². The first-order valence-electron chi connectivity index (χ1n) is 9.35. The van der Waals surface area contributed by atoms with Crippen LogP contribution in [0.1, 0.15) is 48.9 Å². The Kier molecular flexibility index (Phi) is 6.52. The summed E-state index contributed by atoms with van der Waals surface area (Å²) in [6.45, 7) is 1.56. The number of carbonyl (C=O) groups excluding carboxylic acids is 1. The predicted octanol–water partition coefficient (Wildman–Crippen LogP) is 3.42. The summed E-state index contributed by atoms with van der Waals surface area (Å²) >= 11 is 0. The van der Waals surface area contributed by atoms with Crippen molar-refractivity contribution in [2.45, 2.75) is 51.2 Å². The third kappa shape index (κ3) is 5.00. The zero-order chi connectivity index (χ0) is 18.2. The molecule has 0 aliphatic heterocycles. The Balaban J connectivity index is 1.47. The first-order valence-corrected chi connectivity index (χ1v) is 9.35. The Morgan fingerprint density at radius 2 is 2.12 bits per heavy atom. The summed E-state index contributed by atoms with van der Waals surface area (Å²) in [6.07, 6.45) is 12.3. The fourth-order valence-electron chi connectivity index (χ4n) is 3.23. The summed E-state index contributed by atoms with van der Waals surface area (Å²) in [4.78, 5) is 16.4. The molecule has 140 valence electrons. The van der Waals surface area contributed by atoms with E-state index in [9.17, 15) is 4.79 Å². The summed E-state index contributed by atoms with van der Waals surface area (Å²) < 4.78 is 13.5. The van der Waals surface area contributed by atoms with Gasteiger partial charge in [0, 0.05) is 31.0 Å². The van der Waals surface area contributed by atoms with Crippen LogP contribution in [0, 0.1) is 0 Å². The monoisotopic (exact) mass is 357 g/mol. The van der Waals surface area contributed by atoms with Crippen LogP contribution >= 0.6 is 0 Å². The predicted molar refractivity (Wildman–Crippen MR) is 99.7 cm³/mol. The van der Waals surface area contributed by atoms with Gasteiger partial charge in [-0.1, -0.05) is 0 Å². The van der Waals surface area contributed by atoms with E-state index in [1.807, 2.05) is 16.8 Å². The number of hydrogen-bond donors (Lipinski definition) is 1. The fourth-order valence-corrected chi connectivity index (χ4v) is 3.23. The summed E-state index contributed by atoms with van der Waals surface area (Å²) in [5, 5.41) is 2.96. The van der Waals surface area contributed by atoms with Gasteiger partial charge in [-0.3, -0.25) is 4.79 Å². The molecule has 1 aliphatic carbocycles. The highest BCUT2D eigenvalue weighted by atomic mass is 16.5. The van der Waals surface area contributed by atoms with Crippen LogP contribution in [0.25, 0.3) is 0 Å². The number of imidazole rings is 1. The molecule has 1 amide bonds. The maximum absolute atomic E-state index is 12.3. The van der Waals surface area contributed by atoms with Gasteiger partial charge in [0.15, 0.2) is 11.5 Å². The van der Waals surface area contributed by atoms with Crippen LogP contribution in [-0.2, 0) is 6.54 Å². The number of methoxy groups -OCH3 is 1. The number of nitrogens with zero attached hydrogens (tertiary/aromatic N) is 2. The first-order chi connectivity index (χ1) is 12.8. The van der Waals surface area contributed by atoms with E-state index in [4.69, 9.17) is 9.47 Å². The average molecular weight is 357 g/mol. The Hall–Kier alpha value is -2.50. The van der Waals surface area contributed by atoms with Gasteiger partial charge in [0.05, 0.1) is 19.5 Å². The molecule has 1 heterocycles. The van der Waals surface area contributed by atoms with Crippen LogP contribution in [0.15, 0.2) is 36.9 Å². The number of aromatic nitrogens is 2. The number of benzene rings is 1. The second-order valence-corrected chi connectivity index (χ2v) is 6.65. The number of amides is 1. The number of unbranched alkanes of at least 4 members (excludes halogenated alkanes) is 1. The average Bonchev–Trinajstić information content (AvgIpc) is 3.35. The standard InChI is InChI=1S/C20H27N3O3/c1-25-19-14-16(8-9-18(19)26-17-6-2-3-7-17)20(24)22-10-4-5-12-23-13-11-21-15-23/h8-9,11,13-15,17H,2-7,10,12H2,1H3,(H,22,24). The Labute approximate surface area is 154 Å². The highest BCUT2D eigenvalue weighted by molar-refractivity contribution is 5.94. The van der Waals surface area contributed by atoms with Gasteiger partial charge in [0.1, 0.15) is 0 Å². The lowest BCUT2D eigenvalue weighted by Crippen LogP contribution is -2.24. The molecule has 0 atom stereocenters. The number of aryl methyl sites for hydroxylation is 1. The normalized spacial score (nSPS) is 14.3. The van der Waals surface area contributed by atoms with Crippen LogP contribution in [0.5, 0.6) is 11.5 Å². The Bertz CT molecular complexity index is 694. The maximum Gasteiger partial charge on any atom is 0.251 e. The molecule has 1 aromatic heterocycles. The number of ether oxygens (including phenoxy) is 2. The number of hydrogen-bond acceptors (Lipinski definition) is 4. The highest BCUT2D eigenvalue weighted by Gasteiger charge is 2.19. The van der Waals surface area contributed by atoms with E-state index in [1.54, 1.807) is 31.8 Å². The van der Waals surface area contributed by atoms with E-state index in [0.717, 1.165) is 38.0 Å². The molecule has 0 saturated heterocycles. The Morgan fingerprint density at radius 3 is 2.85 bits per heavy atom. The molecule has 26 heavy (non-hydrogen) atoms. The topological polar surface area (TPSA) is 65.4 Å². The SMILES string of the molecule is COc1cc(C(=O)NCCCCn2ccnc2)ccc1OC1CCCC1. The second-order valence-electron chi connectivity index (χ2n) is 6.65. The molecule has 1 saturated carbocycles. The number of carbonyl (C=O) groups is 1. The molecule has 1 fully saturated rings. The minimum absolute atomic E-state index is 0.0849. The summed E-state index contributed by atoms with van der Waals surface area (Å²) in [5.41, 5.74) is 0.593. The summed E-state index contributed by atoms with van der Waals surface area (Å²) in [7, 11) is 1.61. The van der Waals surface area contributed by atoms with Crippen molar-refractivity contribution >= 4 is 5.91 Å². The third-order valence-electron chi connectivity index (χ3n) is 4.71. The lowest BCUT2D eigenvalue weighted by molar-refractivity contribution is 0.0952. The molecule has 0 unspecified atom stereocenters. The van der Waals surface area contributed by atoms with E-state index >= 15 is 0 Å². The molecule has 1 aromatic carbocycles. The highest BCUT2D eigenvalue weighted by Crippen LogP contribution is 2.32. The van der Waals surface area contributed by atoms with Crippen LogP contribution < -0.4 is 14.8 Å². The summed E-state index contributed by atoms with van der Waals surface area (Å²) in [6, 6.07) is 5.39. The van der Waals surface area contributed by atoms with Gasteiger partial charge in [-0.2, -0.15) is 0 Å².